The van der Waals surface area contributed by atoms with Crippen LogP contribution in [0.1, 0.15) is 194 Å². The van der Waals surface area contributed by atoms with Gasteiger partial charge in [-0.1, -0.05) is 200 Å². The van der Waals surface area contributed by atoms with Gasteiger partial charge in [0.15, 0.2) is 6.10 Å². The fourth-order valence-electron chi connectivity index (χ4n) is 6.19. The quantitative estimate of drug-likeness (QED) is 0.0377. The summed E-state index contributed by atoms with van der Waals surface area (Å²) < 4.78 is 10.7. The first kappa shape index (κ1) is 56.3. The minimum Gasteiger partial charge on any atom is -0.462 e. The summed E-state index contributed by atoms with van der Waals surface area (Å²) in [5, 5.41) is 9.62. The Kier molecular flexibility index (Phi) is 46.6. The highest BCUT2D eigenvalue weighted by molar-refractivity contribution is 5.70. The van der Waals surface area contributed by atoms with Gasteiger partial charge in [-0.15, -0.1) is 0 Å². The van der Waals surface area contributed by atoms with Crippen LogP contribution in [0.4, 0.5) is 0 Å². The topological polar surface area (TPSA) is 72.8 Å². The summed E-state index contributed by atoms with van der Waals surface area (Å²) in [5.74, 6) is -0.626. The van der Waals surface area contributed by atoms with Gasteiger partial charge in [-0.05, 0) is 103 Å². The van der Waals surface area contributed by atoms with Gasteiger partial charge in [-0.2, -0.15) is 0 Å². The second kappa shape index (κ2) is 49.7. The molecule has 0 spiro atoms. The van der Waals surface area contributed by atoms with E-state index in [4.69, 9.17) is 9.47 Å². The number of aliphatic hydroxyl groups excluding tert-OH is 1. The molecule has 1 atom stereocenters. The Morgan fingerprint density at radius 3 is 1.00 bits per heavy atom. The first-order chi connectivity index (χ1) is 29.6. The molecule has 0 heterocycles. The minimum absolute atomic E-state index is 0.0847. The van der Waals surface area contributed by atoms with E-state index in [1.807, 2.05) is 0 Å². The number of unbranched alkanes of at least 4 members (excludes halogenated alkanes) is 14. The third kappa shape index (κ3) is 47.0. The Balaban J connectivity index is 3.62. The highest BCUT2D eigenvalue weighted by Gasteiger charge is 2.16. The van der Waals surface area contributed by atoms with Gasteiger partial charge in [0.05, 0.1) is 6.61 Å². The predicted octanol–water partition coefficient (Wildman–Crippen LogP) is 16.0. The molecule has 0 amide bonds. The van der Waals surface area contributed by atoms with E-state index in [-0.39, 0.29) is 25.2 Å². The molecular formula is C55H88O5. The van der Waals surface area contributed by atoms with E-state index < -0.39 is 6.10 Å². The molecule has 0 aliphatic rings. The van der Waals surface area contributed by atoms with Crippen LogP contribution >= 0.6 is 0 Å². The van der Waals surface area contributed by atoms with Crippen LogP contribution in [0.2, 0.25) is 0 Å². The molecule has 0 radical (unpaired) electrons. The van der Waals surface area contributed by atoms with E-state index >= 15 is 0 Å². The Morgan fingerprint density at radius 2 is 0.667 bits per heavy atom. The van der Waals surface area contributed by atoms with E-state index in [9.17, 15) is 14.7 Å². The molecule has 338 valence electrons. The molecule has 1 N–H and O–H groups in total. The molecule has 0 aromatic heterocycles. The molecule has 0 fully saturated rings. The van der Waals surface area contributed by atoms with Gasteiger partial charge in [0.25, 0.3) is 0 Å². The molecular weight excluding hydrogens is 741 g/mol. The molecule has 0 aliphatic heterocycles. The van der Waals surface area contributed by atoms with Gasteiger partial charge < -0.3 is 14.6 Å². The molecule has 0 bridgehead atoms. The standard InChI is InChI=1S/C55H88O5/c1-3-5-7-9-11-13-15-17-19-21-23-25-27-29-31-33-35-37-39-41-43-45-47-49-54(57)59-52-53(51-56)60-55(58)50-48-46-44-42-40-38-36-34-32-30-28-26-24-22-20-18-16-14-12-10-8-6-4-2/h5-8,11-14,17-20,23-26,29-32,53,56H,3-4,9-10,15-16,21-22,27-28,33-52H2,1-2H3/b7-5-,8-6-,13-11-,14-12-,19-17-,20-18-,25-23-,26-24-,31-29-,32-30-. The maximum atomic E-state index is 12.3. The maximum Gasteiger partial charge on any atom is 0.306 e. The van der Waals surface area contributed by atoms with Crippen LogP contribution in [0.15, 0.2) is 122 Å². The van der Waals surface area contributed by atoms with Crippen LogP contribution < -0.4 is 0 Å². The Labute approximate surface area is 369 Å². The van der Waals surface area contributed by atoms with Crippen LogP contribution in [-0.4, -0.2) is 36.4 Å². The van der Waals surface area contributed by atoms with Crippen molar-refractivity contribution in [2.45, 2.75) is 200 Å². The number of rotatable bonds is 42. The number of hydrogen-bond donors (Lipinski definition) is 1. The summed E-state index contributed by atoms with van der Waals surface area (Å²) >= 11 is 0. The summed E-state index contributed by atoms with van der Waals surface area (Å²) in [6.07, 6.45) is 72.7. The largest absolute Gasteiger partial charge is 0.462 e. The first-order valence-electron chi connectivity index (χ1n) is 24.1. The van der Waals surface area contributed by atoms with Crippen molar-refractivity contribution in [1.29, 1.82) is 0 Å². The molecule has 0 saturated heterocycles. The SMILES string of the molecule is CC/C=C\C/C=C\C/C=C\C/C=C\C/C=C\CCCCCCCCCC(=O)OCC(CO)OC(=O)CCCCCCCCC/C=C\C/C=C\C/C=C\C/C=C\C/C=C\CC. The average Bonchev–Trinajstić information content (AvgIpc) is 3.25. The highest BCUT2D eigenvalue weighted by atomic mass is 16.6. The average molecular weight is 829 g/mol. The number of allylic oxidation sites excluding steroid dienone is 20. The first-order valence-corrected chi connectivity index (χ1v) is 24.1. The van der Waals surface area contributed by atoms with Crippen LogP contribution in [0.5, 0.6) is 0 Å². The molecule has 0 aliphatic carbocycles. The monoisotopic (exact) mass is 829 g/mol. The predicted molar refractivity (Wildman–Crippen MR) is 260 cm³/mol. The van der Waals surface area contributed by atoms with Crippen molar-refractivity contribution in [3.8, 4) is 0 Å². The van der Waals surface area contributed by atoms with Crippen molar-refractivity contribution < 1.29 is 24.2 Å². The lowest BCUT2D eigenvalue weighted by molar-refractivity contribution is -0.161. The van der Waals surface area contributed by atoms with Crippen molar-refractivity contribution >= 4 is 11.9 Å². The van der Waals surface area contributed by atoms with Crippen LogP contribution in [0.3, 0.4) is 0 Å². The third-order valence-corrected chi connectivity index (χ3v) is 9.75. The van der Waals surface area contributed by atoms with Crippen molar-refractivity contribution in [3.05, 3.63) is 122 Å². The van der Waals surface area contributed by atoms with Gasteiger partial charge in [0.2, 0.25) is 0 Å². The van der Waals surface area contributed by atoms with Gasteiger partial charge in [-0.25, -0.2) is 0 Å². The summed E-state index contributed by atoms with van der Waals surface area (Å²) in [7, 11) is 0. The molecule has 0 aromatic carbocycles. The van der Waals surface area contributed by atoms with Gasteiger partial charge in [-0.3, -0.25) is 9.59 Å². The Morgan fingerprint density at radius 1 is 0.383 bits per heavy atom. The summed E-state index contributed by atoms with van der Waals surface area (Å²) in [5.41, 5.74) is 0. The van der Waals surface area contributed by atoms with Gasteiger partial charge in [0.1, 0.15) is 6.61 Å². The fourth-order valence-corrected chi connectivity index (χ4v) is 6.19. The number of esters is 2. The number of ether oxygens (including phenoxy) is 2. The molecule has 60 heavy (non-hydrogen) atoms. The molecule has 5 nitrogen and oxygen atoms in total. The number of carbonyl (C=O) groups excluding carboxylic acids is 2. The highest BCUT2D eigenvalue weighted by Crippen LogP contribution is 2.13. The summed E-state index contributed by atoms with van der Waals surface area (Å²) in [4.78, 5) is 24.4. The molecule has 0 saturated carbocycles. The zero-order chi connectivity index (χ0) is 43.5. The number of aliphatic hydroxyl groups is 1. The smallest absolute Gasteiger partial charge is 0.306 e. The van der Waals surface area contributed by atoms with E-state index in [2.05, 4.69) is 135 Å². The normalized spacial score (nSPS) is 13.3. The van der Waals surface area contributed by atoms with Crippen molar-refractivity contribution in [3.63, 3.8) is 0 Å². The van der Waals surface area contributed by atoms with E-state index in [1.54, 1.807) is 0 Å². The van der Waals surface area contributed by atoms with Crippen LogP contribution in [0.25, 0.3) is 0 Å². The van der Waals surface area contributed by atoms with Gasteiger partial charge >= 0.3 is 11.9 Å². The second-order valence-corrected chi connectivity index (χ2v) is 15.4. The van der Waals surface area contributed by atoms with Crippen molar-refractivity contribution in [1.82, 2.24) is 0 Å². The number of carbonyl (C=O) groups is 2. The second-order valence-electron chi connectivity index (χ2n) is 15.4. The summed E-state index contributed by atoms with van der Waals surface area (Å²) in [6, 6.07) is 0. The Hall–Kier alpha value is -3.70. The Bertz CT molecular complexity index is 1260. The van der Waals surface area contributed by atoms with E-state index in [1.165, 1.54) is 51.4 Å². The number of hydrogen-bond acceptors (Lipinski definition) is 5. The van der Waals surface area contributed by atoms with Crippen molar-refractivity contribution in [2.75, 3.05) is 13.2 Å². The molecule has 5 heteroatoms. The minimum atomic E-state index is -0.793. The molecule has 0 aromatic rings. The van der Waals surface area contributed by atoms with Gasteiger partial charge in [0, 0.05) is 12.8 Å². The van der Waals surface area contributed by atoms with E-state index in [0.717, 1.165) is 116 Å². The fraction of sp³-hybridized carbons (Fsp3) is 0.600. The zero-order valence-corrected chi connectivity index (χ0v) is 38.4. The lowest BCUT2D eigenvalue weighted by Crippen LogP contribution is -2.28. The van der Waals surface area contributed by atoms with E-state index in [0.29, 0.717) is 12.8 Å². The van der Waals surface area contributed by atoms with Crippen molar-refractivity contribution in [2.24, 2.45) is 0 Å². The lowest BCUT2D eigenvalue weighted by Gasteiger charge is -2.15. The zero-order valence-electron chi connectivity index (χ0n) is 38.4. The lowest BCUT2D eigenvalue weighted by atomic mass is 10.1. The molecule has 0 rings (SSSR count). The summed E-state index contributed by atoms with van der Waals surface area (Å²) in [6.45, 7) is 3.88. The molecule has 1 unspecified atom stereocenters. The maximum absolute atomic E-state index is 12.3. The van der Waals surface area contributed by atoms with Crippen LogP contribution in [0, 0.1) is 0 Å². The third-order valence-electron chi connectivity index (χ3n) is 9.75. The van der Waals surface area contributed by atoms with Crippen LogP contribution in [-0.2, 0) is 19.1 Å².